The smallest absolute Gasteiger partial charge is 0.269 e. The third-order valence-corrected chi connectivity index (χ3v) is 4.05. The van der Waals surface area contributed by atoms with Crippen molar-refractivity contribution in [3.63, 3.8) is 0 Å². The Morgan fingerprint density at radius 1 is 1.24 bits per heavy atom. The van der Waals surface area contributed by atoms with Gasteiger partial charge in [0.1, 0.15) is 0 Å². The SMILES string of the molecule is CC[C@@H](C)C(=O)N1CCN(c2ccc([N+](=O)[O-])cc2)CC1. The number of anilines is 1. The van der Waals surface area contributed by atoms with E-state index in [1.807, 2.05) is 18.7 Å². The normalized spacial score (nSPS) is 16.7. The van der Waals surface area contributed by atoms with Crippen molar-refractivity contribution in [2.75, 3.05) is 31.1 Å². The van der Waals surface area contributed by atoms with E-state index in [0.717, 1.165) is 25.2 Å². The van der Waals surface area contributed by atoms with Gasteiger partial charge >= 0.3 is 0 Å². The van der Waals surface area contributed by atoms with E-state index in [9.17, 15) is 14.9 Å². The zero-order valence-corrected chi connectivity index (χ0v) is 12.5. The first kappa shape index (κ1) is 15.3. The van der Waals surface area contributed by atoms with Gasteiger partial charge in [-0.3, -0.25) is 14.9 Å². The van der Waals surface area contributed by atoms with Crippen molar-refractivity contribution < 1.29 is 9.72 Å². The van der Waals surface area contributed by atoms with Crippen LogP contribution in [0.3, 0.4) is 0 Å². The molecule has 21 heavy (non-hydrogen) atoms. The van der Waals surface area contributed by atoms with Crippen LogP contribution in [0.4, 0.5) is 11.4 Å². The van der Waals surface area contributed by atoms with Gasteiger partial charge in [0.25, 0.3) is 5.69 Å². The number of carbonyl (C=O) groups is 1. The van der Waals surface area contributed by atoms with E-state index in [2.05, 4.69) is 4.90 Å². The number of benzene rings is 1. The molecule has 0 spiro atoms. The quantitative estimate of drug-likeness (QED) is 0.630. The van der Waals surface area contributed by atoms with Crippen LogP contribution in [-0.2, 0) is 4.79 Å². The minimum absolute atomic E-state index is 0.0796. The van der Waals surface area contributed by atoms with Crippen LogP contribution in [0.1, 0.15) is 20.3 Å². The predicted molar refractivity (Wildman–Crippen MR) is 81.3 cm³/mol. The maximum atomic E-state index is 12.1. The summed E-state index contributed by atoms with van der Waals surface area (Å²) in [5.41, 5.74) is 1.07. The molecule has 0 aromatic heterocycles. The van der Waals surface area contributed by atoms with Gasteiger partial charge in [0, 0.05) is 49.9 Å². The Hall–Kier alpha value is -2.11. The van der Waals surface area contributed by atoms with Gasteiger partial charge in [-0.1, -0.05) is 13.8 Å². The first-order chi connectivity index (χ1) is 10.0. The molecule has 6 heteroatoms. The molecular formula is C15H21N3O3. The molecule has 0 N–H and O–H groups in total. The minimum Gasteiger partial charge on any atom is -0.368 e. The molecule has 114 valence electrons. The maximum Gasteiger partial charge on any atom is 0.269 e. The minimum atomic E-state index is -0.396. The molecule has 1 aliphatic heterocycles. The fourth-order valence-corrected chi connectivity index (χ4v) is 2.46. The molecular weight excluding hydrogens is 270 g/mol. The van der Waals surface area contributed by atoms with Crippen LogP contribution in [0.25, 0.3) is 0 Å². The first-order valence-corrected chi connectivity index (χ1v) is 7.31. The standard InChI is InChI=1S/C15H21N3O3/c1-3-12(2)15(19)17-10-8-16(9-11-17)13-4-6-14(7-5-13)18(20)21/h4-7,12H,3,8-11H2,1-2H3/t12-/m1/s1. The lowest BCUT2D eigenvalue weighted by Crippen LogP contribution is -2.50. The molecule has 0 unspecified atom stereocenters. The van der Waals surface area contributed by atoms with Gasteiger partial charge in [-0.15, -0.1) is 0 Å². The average Bonchev–Trinajstić information content (AvgIpc) is 2.53. The lowest BCUT2D eigenvalue weighted by molar-refractivity contribution is -0.384. The lowest BCUT2D eigenvalue weighted by Gasteiger charge is -2.37. The molecule has 0 radical (unpaired) electrons. The first-order valence-electron chi connectivity index (χ1n) is 7.31. The van der Waals surface area contributed by atoms with Gasteiger partial charge in [0.15, 0.2) is 0 Å². The molecule has 0 saturated carbocycles. The summed E-state index contributed by atoms with van der Waals surface area (Å²) in [5.74, 6) is 0.303. The molecule has 1 aromatic rings. The summed E-state index contributed by atoms with van der Waals surface area (Å²) in [4.78, 5) is 26.4. The number of carbonyl (C=O) groups excluding carboxylic acids is 1. The number of rotatable bonds is 4. The van der Waals surface area contributed by atoms with E-state index < -0.39 is 4.92 Å². The Kier molecular flexibility index (Phi) is 4.77. The van der Waals surface area contributed by atoms with Crippen LogP contribution in [-0.4, -0.2) is 41.9 Å². The van der Waals surface area contributed by atoms with E-state index in [-0.39, 0.29) is 17.5 Å². The molecule has 0 bridgehead atoms. The summed E-state index contributed by atoms with van der Waals surface area (Å²) in [6.45, 7) is 6.93. The molecule has 1 amide bonds. The van der Waals surface area contributed by atoms with Crippen molar-refractivity contribution in [2.24, 2.45) is 5.92 Å². The summed E-state index contributed by atoms with van der Waals surface area (Å²) in [6, 6.07) is 6.58. The lowest BCUT2D eigenvalue weighted by atomic mass is 10.1. The van der Waals surface area contributed by atoms with Gasteiger partial charge < -0.3 is 9.80 Å². The van der Waals surface area contributed by atoms with Crippen LogP contribution in [0.2, 0.25) is 0 Å². The van der Waals surface area contributed by atoms with Crippen LogP contribution in [0.5, 0.6) is 0 Å². The largest absolute Gasteiger partial charge is 0.368 e. The monoisotopic (exact) mass is 291 g/mol. The second-order valence-corrected chi connectivity index (χ2v) is 5.40. The Labute approximate surface area is 124 Å². The van der Waals surface area contributed by atoms with E-state index in [1.165, 1.54) is 12.1 Å². The second-order valence-electron chi connectivity index (χ2n) is 5.40. The highest BCUT2D eigenvalue weighted by atomic mass is 16.6. The van der Waals surface area contributed by atoms with Gasteiger partial charge in [-0.2, -0.15) is 0 Å². The van der Waals surface area contributed by atoms with E-state index in [0.29, 0.717) is 13.1 Å². The molecule has 1 aliphatic rings. The number of nitro benzene ring substituents is 1. The number of non-ortho nitro benzene ring substituents is 1. The van der Waals surface area contributed by atoms with Crippen LogP contribution >= 0.6 is 0 Å². The molecule has 6 nitrogen and oxygen atoms in total. The Bertz CT molecular complexity index is 507. The maximum absolute atomic E-state index is 12.1. The topological polar surface area (TPSA) is 66.7 Å². The molecule has 2 rings (SSSR count). The highest BCUT2D eigenvalue weighted by Gasteiger charge is 2.24. The average molecular weight is 291 g/mol. The van der Waals surface area contributed by atoms with Crippen molar-refractivity contribution in [2.45, 2.75) is 20.3 Å². The van der Waals surface area contributed by atoms with Crippen LogP contribution in [0.15, 0.2) is 24.3 Å². The predicted octanol–water partition coefficient (Wildman–Crippen LogP) is 2.29. The number of nitro groups is 1. The summed E-state index contributed by atoms with van der Waals surface area (Å²) in [5, 5.41) is 10.6. The van der Waals surface area contributed by atoms with E-state index in [4.69, 9.17) is 0 Å². The van der Waals surface area contributed by atoms with Crippen molar-refractivity contribution in [1.82, 2.24) is 4.90 Å². The highest BCUT2D eigenvalue weighted by molar-refractivity contribution is 5.78. The molecule has 0 aliphatic carbocycles. The van der Waals surface area contributed by atoms with Crippen molar-refractivity contribution in [1.29, 1.82) is 0 Å². The fourth-order valence-electron chi connectivity index (χ4n) is 2.46. The van der Waals surface area contributed by atoms with Gasteiger partial charge in [-0.25, -0.2) is 0 Å². The van der Waals surface area contributed by atoms with Gasteiger partial charge in [-0.05, 0) is 18.6 Å². The third-order valence-electron chi connectivity index (χ3n) is 4.05. The summed E-state index contributed by atoms with van der Waals surface area (Å²) in [6.07, 6.45) is 0.863. The molecule has 1 atom stereocenters. The van der Waals surface area contributed by atoms with Crippen LogP contribution < -0.4 is 4.90 Å². The summed E-state index contributed by atoms with van der Waals surface area (Å²) < 4.78 is 0. The Morgan fingerprint density at radius 2 is 1.81 bits per heavy atom. The van der Waals surface area contributed by atoms with Crippen LogP contribution in [0, 0.1) is 16.0 Å². The highest BCUT2D eigenvalue weighted by Crippen LogP contribution is 2.21. The fraction of sp³-hybridized carbons (Fsp3) is 0.533. The number of piperazine rings is 1. The molecule has 1 fully saturated rings. The summed E-state index contributed by atoms with van der Waals surface area (Å²) >= 11 is 0. The number of nitrogens with zero attached hydrogens (tertiary/aromatic N) is 3. The number of amides is 1. The van der Waals surface area contributed by atoms with Gasteiger partial charge in [0.05, 0.1) is 4.92 Å². The molecule has 1 saturated heterocycles. The zero-order valence-electron chi connectivity index (χ0n) is 12.5. The summed E-state index contributed by atoms with van der Waals surface area (Å²) in [7, 11) is 0. The van der Waals surface area contributed by atoms with Gasteiger partial charge in [0.2, 0.25) is 5.91 Å². The van der Waals surface area contributed by atoms with Crippen molar-refractivity contribution in [3.8, 4) is 0 Å². The van der Waals surface area contributed by atoms with E-state index >= 15 is 0 Å². The van der Waals surface area contributed by atoms with Crippen molar-refractivity contribution in [3.05, 3.63) is 34.4 Å². The zero-order chi connectivity index (χ0) is 15.4. The molecule has 1 heterocycles. The third kappa shape index (κ3) is 3.51. The Balaban J connectivity index is 1.94. The van der Waals surface area contributed by atoms with Crippen molar-refractivity contribution >= 4 is 17.3 Å². The number of hydrogen-bond acceptors (Lipinski definition) is 4. The number of hydrogen-bond donors (Lipinski definition) is 0. The second kappa shape index (κ2) is 6.56. The Morgan fingerprint density at radius 3 is 2.29 bits per heavy atom. The molecule has 1 aromatic carbocycles. The van der Waals surface area contributed by atoms with E-state index in [1.54, 1.807) is 12.1 Å².